The van der Waals surface area contributed by atoms with E-state index in [1.165, 1.54) is 0 Å². The van der Waals surface area contributed by atoms with Gasteiger partial charge in [0.25, 0.3) is 0 Å². The second-order valence-electron chi connectivity index (χ2n) is 11.2. The molecule has 4 aromatic carbocycles. The van der Waals surface area contributed by atoms with Crippen molar-refractivity contribution in [2.45, 2.75) is 13.5 Å². The number of aliphatic imine (C=N–C) groups is 2. The van der Waals surface area contributed by atoms with E-state index in [-0.39, 0.29) is 5.75 Å². The second-order valence-corrected chi connectivity index (χ2v) is 11.6. The summed E-state index contributed by atoms with van der Waals surface area (Å²) in [6.07, 6.45) is 0.833. The number of anilines is 2. The van der Waals surface area contributed by atoms with Crippen molar-refractivity contribution in [3.8, 4) is 5.75 Å². The van der Waals surface area contributed by atoms with Crippen LogP contribution in [0.3, 0.4) is 0 Å². The van der Waals surface area contributed by atoms with Gasteiger partial charge in [-0.1, -0.05) is 79.4 Å². The van der Waals surface area contributed by atoms with Crippen molar-refractivity contribution in [3.63, 3.8) is 0 Å². The molecule has 0 atom stereocenters. The zero-order valence-electron chi connectivity index (χ0n) is 29.7. The topological polar surface area (TPSA) is 141 Å². The second kappa shape index (κ2) is 23.9. The van der Waals surface area contributed by atoms with E-state index in [0.29, 0.717) is 62.2 Å². The number of nitrogens with zero attached hydrogens (tertiary/aromatic N) is 2. The molecule has 0 radical (unpaired) electrons. The number of phenolic OH excluding ortho intramolecular Hbond substituents is 1. The highest BCUT2D eigenvalue weighted by Gasteiger charge is 2.06. The molecular formula is C40H48ClN7O4. The summed E-state index contributed by atoms with van der Waals surface area (Å²) in [5, 5.41) is 26.3. The van der Waals surface area contributed by atoms with Crippen LogP contribution in [-0.4, -0.2) is 69.8 Å². The number of guanidine groups is 1. The largest absolute Gasteiger partial charge is 0.508 e. The summed E-state index contributed by atoms with van der Waals surface area (Å²) in [6.45, 7) is 14.1. The van der Waals surface area contributed by atoms with Gasteiger partial charge in [-0.05, 0) is 73.6 Å². The van der Waals surface area contributed by atoms with Gasteiger partial charge in [-0.2, -0.15) is 0 Å². The number of hydrogen-bond donors (Lipinski definition) is 6. The van der Waals surface area contributed by atoms with Crippen LogP contribution >= 0.6 is 11.6 Å². The maximum absolute atomic E-state index is 10.0. The van der Waals surface area contributed by atoms with Gasteiger partial charge in [-0.3, -0.25) is 9.79 Å². The van der Waals surface area contributed by atoms with Crippen molar-refractivity contribution in [1.82, 2.24) is 16.0 Å². The van der Waals surface area contributed by atoms with Gasteiger partial charge in [0.1, 0.15) is 23.7 Å². The predicted octanol–water partition coefficient (Wildman–Crippen LogP) is 6.92. The lowest BCUT2D eigenvalue weighted by atomic mass is 10.1. The summed E-state index contributed by atoms with van der Waals surface area (Å²) in [7, 11) is 1.89. The van der Waals surface area contributed by atoms with Crippen LogP contribution < -0.4 is 26.6 Å². The number of nitrogens with one attached hydrogen (secondary N) is 5. The first-order chi connectivity index (χ1) is 25.2. The van der Waals surface area contributed by atoms with Gasteiger partial charge in [-0.15, -0.1) is 0 Å². The van der Waals surface area contributed by atoms with Crippen LogP contribution in [-0.2, 0) is 16.0 Å². The molecule has 0 aliphatic heterocycles. The average molecular weight is 726 g/mol. The molecule has 0 fully saturated rings. The number of aromatic hydroxyl groups is 1. The van der Waals surface area contributed by atoms with E-state index < -0.39 is 0 Å². The zero-order valence-corrected chi connectivity index (χ0v) is 30.5. The number of ether oxygens (including phenoxy) is 2. The highest BCUT2D eigenvalue weighted by Crippen LogP contribution is 2.17. The molecule has 0 amide bonds. The van der Waals surface area contributed by atoms with Crippen LogP contribution in [0.15, 0.2) is 132 Å². The monoisotopic (exact) mass is 725 g/mol. The van der Waals surface area contributed by atoms with Crippen LogP contribution in [0.4, 0.5) is 11.4 Å². The van der Waals surface area contributed by atoms with Crippen molar-refractivity contribution >= 4 is 46.8 Å². The molecule has 11 nitrogen and oxygen atoms in total. The van der Waals surface area contributed by atoms with E-state index in [9.17, 15) is 9.90 Å². The highest BCUT2D eigenvalue weighted by atomic mass is 35.5. The first-order valence-electron chi connectivity index (χ1n) is 16.7. The Balaban J connectivity index is 0.000000801. The van der Waals surface area contributed by atoms with Gasteiger partial charge in [-0.25, -0.2) is 4.99 Å². The minimum Gasteiger partial charge on any atom is -0.508 e. The summed E-state index contributed by atoms with van der Waals surface area (Å²) in [4.78, 5) is 19.1. The molecule has 12 heteroatoms. The normalized spacial score (nSPS) is 11.1. The Bertz CT molecular complexity index is 1730. The van der Waals surface area contributed by atoms with Gasteiger partial charge >= 0.3 is 0 Å². The molecule has 6 N–H and O–H groups in total. The Morgan fingerprint density at radius 1 is 0.846 bits per heavy atom. The Hall–Kier alpha value is -5.46. The van der Waals surface area contributed by atoms with Crippen LogP contribution in [0.1, 0.15) is 28.4 Å². The molecule has 0 saturated heterocycles. The molecule has 0 unspecified atom stereocenters. The summed E-state index contributed by atoms with van der Waals surface area (Å²) < 4.78 is 11.0. The number of halogens is 1. The lowest BCUT2D eigenvalue weighted by molar-refractivity contribution is 0.0524. The van der Waals surface area contributed by atoms with Crippen molar-refractivity contribution in [2.75, 3.05) is 57.2 Å². The fourth-order valence-electron chi connectivity index (χ4n) is 4.33. The molecule has 0 heterocycles. The third-order valence-electron chi connectivity index (χ3n) is 6.98. The molecule has 0 bridgehead atoms. The highest BCUT2D eigenvalue weighted by molar-refractivity contribution is 6.30. The fraction of sp³-hybridized carbons (Fsp3) is 0.225. The molecule has 0 spiro atoms. The number of phenols is 1. The third-order valence-corrected chi connectivity index (χ3v) is 7.21. The SMILES string of the molecule is C=C(NC(=NC(C)=NCCOCCOCCNC)Nc1ccc(O)cc1)Nc1ccc(C(=C)NCc2cccc(Cl)c2)cc1.O=Cc1ccccc1. The molecule has 0 saturated carbocycles. The number of aldehydes is 1. The molecule has 52 heavy (non-hydrogen) atoms. The van der Waals surface area contributed by atoms with Crippen LogP contribution in [0.2, 0.25) is 5.02 Å². The lowest BCUT2D eigenvalue weighted by Gasteiger charge is -2.16. The Morgan fingerprint density at radius 3 is 2.17 bits per heavy atom. The smallest absolute Gasteiger partial charge is 0.207 e. The Labute approximate surface area is 311 Å². The number of likely N-dealkylation sites (N-methyl/N-ethyl adjacent to an activating group) is 1. The molecule has 0 aromatic heterocycles. The molecule has 0 aliphatic carbocycles. The standard InChI is InChI=1S/C33H42ClN7O3.C7H6O/c1-24(37-23-27-6-5-7-29(34)22-27)28-8-10-30(11-9-28)38-26(3)40-33(41-31-12-14-32(42)15-13-31)39-25(2)36-17-19-44-21-20-43-18-16-35-4;8-6-7-4-2-1-3-5-7/h5-15,22,35,37-38,42H,1,3,16-21,23H2,2,4H3,(H2,36,39,40,41);1-6H. The van der Waals surface area contributed by atoms with E-state index in [1.54, 1.807) is 36.4 Å². The fourth-order valence-corrected chi connectivity index (χ4v) is 4.54. The van der Waals surface area contributed by atoms with Crippen LogP contribution in [0, 0.1) is 0 Å². The minimum absolute atomic E-state index is 0.170. The van der Waals surface area contributed by atoms with Gasteiger partial charge in [0.05, 0.1) is 33.0 Å². The molecule has 0 aliphatic rings. The van der Waals surface area contributed by atoms with Crippen LogP contribution in [0.25, 0.3) is 5.70 Å². The number of carbonyl (C=O) groups excluding carboxylic acids is 1. The number of benzene rings is 4. The van der Waals surface area contributed by atoms with Gasteiger partial charge in [0.15, 0.2) is 0 Å². The van der Waals surface area contributed by atoms with E-state index >= 15 is 0 Å². The van der Waals surface area contributed by atoms with E-state index in [4.69, 9.17) is 21.1 Å². The molecule has 4 aromatic rings. The third kappa shape index (κ3) is 17.0. The maximum Gasteiger partial charge on any atom is 0.207 e. The lowest BCUT2D eigenvalue weighted by Crippen LogP contribution is -2.33. The predicted molar refractivity (Wildman–Crippen MR) is 214 cm³/mol. The average Bonchev–Trinajstić information content (AvgIpc) is 3.15. The summed E-state index contributed by atoms with van der Waals surface area (Å²) >= 11 is 6.08. The van der Waals surface area contributed by atoms with Crippen molar-refractivity contribution in [1.29, 1.82) is 0 Å². The minimum atomic E-state index is 0.170. The van der Waals surface area contributed by atoms with E-state index in [1.807, 2.05) is 80.7 Å². The first kappa shape index (κ1) is 41.0. The van der Waals surface area contributed by atoms with Gasteiger partial charge < -0.3 is 41.2 Å². The molecule has 4 rings (SSSR count). The number of amidine groups is 1. The number of rotatable bonds is 18. The Morgan fingerprint density at radius 2 is 1.52 bits per heavy atom. The van der Waals surface area contributed by atoms with Crippen molar-refractivity contribution < 1.29 is 19.4 Å². The van der Waals surface area contributed by atoms with Crippen molar-refractivity contribution in [3.05, 3.63) is 144 Å². The molecular weight excluding hydrogens is 678 g/mol. The van der Waals surface area contributed by atoms with Gasteiger partial charge in [0.2, 0.25) is 5.96 Å². The zero-order chi connectivity index (χ0) is 37.4. The quantitative estimate of drug-likeness (QED) is 0.0212. The van der Waals surface area contributed by atoms with Gasteiger partial charge in [0, 0.05) is 40.7 Å². The Kier molecular flexibility index (Phi) is 18.8. The number of carbonyl (C=O) groups is 1. The summed E-state index contributed by atoms with van der Waals surface area (Å²) in [5.41, 5.74) is 5.13. The van der Waals surface area contributed by atoms with Crippen molar-refractivity contribution in [2.24, 2.45) is 9.98 Å². The summed E-state index contributed by atoms with van der Waals surface area (Å²) in [6, 6.07) is 31.3. The molecule has 274 valence electrons. The van der Waals surface area contributed by atoms with E-state index in [0.717, 1.165) is 46.6 Å². The first-order valence-corrected chi connectivity index (χ1v) is 17.1. The van der Waals surface area contributed by atoms with E-state index in [2.05, 4.69) is 49.7 Å². The van der Waals surface area contributed by atoms with Crippen LogP contribution in [0.5, 0.6) is 5.75 Å². The number of hydrogen-bond acceptors (Lipinski definition) is 8. The maximum atomic E-state index is 10.0. The summed E-state index contributed by atoms with van der Waals surface area (Å²) in [5.74, 6) is 1.62.